The summed E-state index contributed by atoms with van der Waals surface area (Å²) in [6.45, 7) is 7.22. The van der Waals surface area contributed by atoms with E-state index in [0.717, 1.165) is 53.1 Å². The van der Waals surface area contributed by atoms with E-state index >= 15 is 0 Å². The minimum absolute atomic E-state index is 0.106. The number of fused-ring (bicyclic) bond motifs is 1. The highest BCUT2D eigenvalue weighted by Crippen LogP contribution is 2.29. The average molecular weight is 431 g/mol. The van der Waals surface area contributed by atoms with Gasteiger partial charge in [0.2, 0.25) is 0 Å². The number of aromatic nitrogens is 2. The van der Waals surface area contributed by atoms with Gasteiger partial charge in [-0.1, -0.05) is 6.92 Å². The monoisotopic (exact) mass is 430 g/mol. The Labute approximate surface area is 177 Å². The van der Waals surface area contributed by atoms with E-state index in [-0.39, 0.29) is 5.91 Å². The number of hydrogen-bond donors (Lipinski definition) is 1. The lowest BCUT2D eigenvalue weighted by Gasteiger charge is -2.23. The van der Waals surface area contributed by atoms with Crippen LogP contribution in [0.5, 0.6) is 0 Å². The number of anilines is 1. The summed E-state index contributed by atoms with van der Waals surface area (Å²) in [6, 6.07) is 7.72. The molecule has 0 bridgehead atoms. The van der Waals surface area contributed by atoms with Gasteiger partial charge in [0.1, 0.15) is 0 Å². The number of aryl methyl sites for hydroxylation is 1. The smallest absolute Gasteiger partial charge is 0.257 e. The van der Waals surface area contributed by atoms with Crippen LogP contribution in [0.1, 0.15) is 38.6 Å². The van der Waals surface area contributed by atoms with E-state index in [4.69, 9.17) is 0 Å². The van der Waals surface area contributed by atoms with Crippen LogP contribution in [0.2, 0.25) is 0 Å². The molecule has 1 aliphatic rings. The summed E-state index contributed by atoms with van der Waals surface area (Å²) in [5.41, 5.74) is 2.88. The minimum Gasteiger partial charge on any atom is -0.298 e. The molecule has 0 atom stereocenters. The minimum atomic E-state index is -0.106. The summed E-state index contributed by atoms with van der Waals surface area (Å²) in [6.07, 6.45) is 0.958. The maximum atomic E-state index is 12.6. The molecule has 0 aliphatic carbocycles. The highest BCUT2D eigenvalue weighted by Gasteiger charge is 2.20. The van der Waals surface area contributed by atoms with Gasteiger partial charge in [-0.3, -0.25) is 15.0 Å². The Morgan fingerprint density at radius 2 is 2.11 bits per heavy atom. The zero-order valence-corrected chi connectivity index (χ0v) is 18.3. The highest BCUT2D eigenvalue weighted by molar-refractivity contribution is 7.98. The predicted octanol–water partition coefficient (Wildman–Crippen LogP) is 4.83. The zero-order chi connectivity index (χ0) is 19.5. The molecule has 1 N–H and O–H groups in total. The van der Waals surface area contributed by atoms with Gasteiger partial charge in [-0.05, 0) is 37.7 Å². The van der Waals surface area contributed by atoms with Crippen molar-refractivity contribution in [1.29, 1.82) is 0 Å². The average Bonchev–Trinajstić information content (AvgIpc) is 3.31. The van der Waals surface area contributed by atoms with E-state index in [1.807, 2.05) is 31.2 Å². The van der Waals surface area contributed by atoms with Gasteiger partial charge < -0.3 is 0 Å². The lowest BCUT2D eigenvalue weighted by Crippen LogP contribution is -2.29. The van der Waals surface area contributed by atoms with Crippen molar-refractivity contribution in [3.63, 3.8) is 0 Å². The topological polar surface area (TPSA) is 58.1 Å². The second-order valence-corrected chi connectivity index (χ2v) is 9.83. The van der Waals surface area contributed by atoms with Crippen LogP contribution in [-0.4, -0.2) is 33.9 Å². The number of thioether (sulfide) groups is 1. The molecule has 3 heterocycles. The summed E-state index contributed by atoms with van der Waals surface area (Å²) >= 11 is 5.00. The standard InChI is InChI=1S/C20H22N4OS3/c1-3-24-9-8-17-18(10-24)28-20(22-17)23-19(25)14-4-6-16(7-5-14)27-12-15-11-26-13(2)21-15/h4-7,11H,3,8-10,12H2,1-2H3,(H,22,23,25). The van der Waals surface area contributed by atoms with E-state index in [0.29, 0.717) is 10.7 Å². The molecule has 0 saturated carbocycles. The first-order valence-electron chi connectivity index (χ1n) is 9.27. The van der Waals surface area contributed by atoms with Crippen molar-refractivity contribution in [2.24, 2.45) is 0 Å². The lowest BCUT2D eigenvalue weighted by molar-refractivity contribution is 0.102. The summed E-state index contributed by atoms with van der Waals surface area (Å²) in [5.74, 6) is 0.736. The normalized spacial score (nSPS) is 14.1. The third-order valence-corrected chi connectivity index (χ3v) is 7.51. The van der Waals surface area contributed by atoms with Crippen molar-refractivity contribution in [2.75, 3.05) is 18.4 Å². The van der Waals surface area contributed by atoms with Crippen molar-refractivity contribution in [3.05, 3.63) is 56.5 Å². The summed E-state index contributed by atoms with van der Waals surface area (Å²) in [4.78, 5) is 26.5. The van der Waals surface area contributed by atoms with Gasteiger partial charge in [-0.2, -0.15) is 0 Å². The molecule has 3 aromatic rings. The Morgan fingerprint density at radius 3 is 2.82 bits per heavy atom. The fourth-order valence-electron chi connectivity index (χ4n) is 3.08. The second-order valence-electron chi connectivity index (χ2n) is 6.63. The number of benzene rings is 1. The number of nitrogens with zero attached hydrogens (tertiary/aromatic N) is 3. The quantitative estimate of drug-likeness (QED) is 0.568. The first-order chi connectivity index (χ1) is 13.6. The molecule has 28 heavy (non-hydrogen) atoms. The van der Waals surface area contributed by atoms with Gasteiger partial charge in [-0.25, -0.2) is 9.97 Å². The molecule has 5 nitrogen and oxygen atoms in total. The molecular formula is C20H22N4OS3. The molecule has 146 valence electrons. The Hall–Kier alpha value is -1.74. The first kappa shape index (κ1) is 19.6. The Kier molecular flexibility index (Phi) is 6.10. The van der Waals surface area contributed by atoms with E-state index < -0.39 is 0 Å². The van der Waals surface area contributed by atoms with Crippen LogP contribution in [0.3, 0.4) is 0 Å². The number of carbonyl (C=O) groups is 1. The van der Waals surface area contributed by atoms with Gasteiger partial charge in [0.25, 0.3) is 5.91 Å². The SMILES string of the molecule is CCN1CCc2nc(NC(=O)c3ccc(SCc4csc(C)n4)cc3)sc2C1. The van der Waals surface area contributed by atoms with Crippen LogP contribution in [0, 0.1) is 6.92 Å². The first-order valence-corrected chi connectivity index (χ1v) is 11.9. The van der Waals surface area contributed by atoms with Crippen LogP contribution in [0.4, 0.5) is 5.13 Å². The molecule has 0 spiro atoms. The van der Waals surface area contributed by atoms with E-state index in [1.165, 1.54) is 4.88 Å². The highest BCUT2D eigenvalue weighted by atomic mass is 32.2. The maximum absolute atomic E-state index is 12.6. The molecule has 1 amide bonds. The number of rotatable bonds is 6. The Bertz CT molecular complexity index is 964. The Morgan fingerprint density at radius 1 is 1.29 bits per heavy atom. The zero-order valence-electron chi connectivity index (χ0n) is 15.9. The maximum Gasteiger partial charge on any atom is 0.257 e. The molecule has 2 aromatic heterocycles. The van der Waals surface area contributed by atoms with E-state index in [9.17, 15) is 4.79 Å². The van der Waals surface area contributed by atoms with Gasteiger partial charge in [-0.15, -0.1) is 34.4 Å². The largest absolute Gasteiger partial charge is 0.298 e. The van der Waals surface area contributed by atoms with Gasteiger partial charge in [0.05, 0.1) is 16.4 Å². The fraction of sp³-hybridized carbons (Fsp3) is 0.350. The van der Waals surface area contributed by atoms with Crippen LogP contribution in [0.15, 0.2) is 34.5 Å². The number of likely N-dealkylation sites (N-methyl/N-ethyl adjacent to an activating group) is 1. The molecule has 1 aromatic carbocycles. The number of nitrogens with one attached hydrogen (secondary N) is 1. The van der Waals surface area contributed by atoms with Crippen molar-refractivity contribution < 1.29 is 4.79 Å². The van der Waals surface area contributed by atoms with Crippen LogP contribution >= 0.6 is 34.4 Å². The number of amides is 1. The molecular weight excluding hydrogens is 408 g/mol. The van der Waals surface area contributed by atoms with E-state index in [1.54, 1.807) is 34.4 Å². The molecule has 8 heteroatoms. The van der Waals surface area contributed by atoms with Crippen LogP contribution in [0.25, 0.3) is 0 Å². The summed E-state index contributed by atoms with van der Waals surface area (Å²) in [5, 5.41) is 6.85. The fourth-order valence-corrected chi connectivity index (χ4v) is 5.63. The van der Waals surface area contributed by atoms with Crippen molar-refractivity contribution >= 4 is 45.5 Å². The summed E-state index contributed by atoms with van der Waals surface area (Å²) < 4.78 is 0. The van der Waals surface area contributed by atoms with E-state index in [2.05, 4.69) is 32.5 Å². The molecule has 1 aliphatic heterocycles. The number of carbonyl (C=O) groups excluding carboxylic acids is 1. The lowest BCUT2D eigenvalue weighted by atomic mass is 10.2. The van der Waals surface area contributed by atoms with Crippen molar-refractivity contribution in [3.8, 4) is 0 Å². The van der Waals surface area contributed by atoms with Crippen molar-refractivity contribution in [2.45, 2.75) is 37.5 Å². The third-order valence-electron chi connectivity index (χ3n) is 4.65. The van der Waals surface area contributed by atoms with Gasteiger partial charge in [0, 0.05) is 46.0 Å². The van der Waals surface area contributed by atoms with Gasteiger partial charge >= 0.3 is 0 Å². The number of thiazole rings is 2. The molecule has 0 fully saturated rings. The molecule has 0 unspecified atom stereocenters. The second kappa shape index (κ2) is 8.73. The van der Waals surface area contributed by atoms with Crippen LogP contribution in [-0.2, 0) is 18.7 Å². The number of hydrogen-bond acceptors (Lipinski definition) is 7. The summed E-state index contributed by atoms with van der Waals surface area (Å²) in [7, 11) is 0. The molecule has 4 rings (SSSR count). The molecule has 0 saturated heterocycles. The van der Waals surface area contributed by atoms with Crippen LogP contribution < -0.4 is 5.32 Å². The third kappa shape index (κ3) is 4.63. The predicted molar refractivity (Wildman–Crippen MR) is 118 cm³/mol. The van der Waals surface area contributed by atoms with Gasteiger partial charge in [0.15, 0.2) is 5.13 Å². The Balaban J connectivity index is 1.35. The molecule has 0 radical (unpaired) electrons. The van der Waals surface area contributed by atoms with Crippen molar-refractivity contribution in [1.82, 2.24) is 14.9 Å².